The van der Waals surface area contributed by atoms with E-state index in [9.17, 15) is 14.4 Å². The third-order valence-corrected chi connectivity index (χ3v) is 3.66. The van der Waals surface area contributed by atoms with Gasteiger partial charge in [0.05, 0.1) is 11.6 Å². The number of hydrogen-bond donors (Lipinski definition) is 3. The number of rotatable bonds is 6. The molecular weight excluding hydrogens is 336 g/mol. The van der Waals surface area contributed by atoms with Gasteiger partial charge in [-0.15, -0.1) is 0 Å². The smallest absolute Gasteiger partial charge is 0.275 e. The molecule has 3 rings (SSSR count). The summed E-state index contributed by atoms with van der Waals surface area (Å²) in [6, 6.07) is 8.48. The van der Waals surface area contributed by atoms with E-state index in [1.807, 2.05) is 6.07 Å². The molecule has 0 saturated carbocycles. The second-order valence-corrected chi connectivity index (χ2v) is 5.71. The molecule has 2 heterocycles. The molecule has 0 atom stereocenters. The Bertz CT molecular complexity index is 1060. The molecule has 0 bridgehead atoms. The molecular formula is C17H18N6O3. The van der Waals surface area contributed by atoms with Crippen LogP contribution in [-0.2, 0) is 11.3 Å². The van der Waals surface area contributed by atoms with Gasteiger partial charge in [0.2, 0.25) is 11.9 Å². The first-order chi connectivity index (χ1) is 12.5. The molecule has 0 aliphatic heterocycles. The monoisotopic (exact) mass is 354 g/mol. The normalized spacial score (nSPS) is 10.7. The predicted molar refractivity (Wildman–Crippen MR) is 97.1 cm³/mol. The maximum Gasteiger partial charge on any atom is 0.275 e. The Hall–Kier alpha value is -3.49. The van der Waals surface area contributed by atoms with Gasteiger partial charge < -0.3 is 10.6 Å². The Morgan fingerprint density at radius 2 is 2.04 bits per heavy atom. The second-order valence-electron chi connectivity index (χ2n) is 5.71. The molecule has 0 aliphatic rings. The van der Waals surface area contributed by atoms with E-state index < -0.39 is 0 Å². The van der Waals surface area contributed by atoms with Crippen LogP contribution in [0, 0.1) is 6.92 Å². The van der Waals surface area contributed by atoms with Gasteiger partial charge in [-0.3, -0.25) is 19.4 Å². The average Bonchev–Trinajstić information content (AvgIpc) is 2.61. The van der Waals surface area contributed by atoms with Gasteiger partial charge in [-0.1, -0.05) is 18.2 Å². The number of H-pyrrole nitrogens is 1. The number of hydrogen-bond acceptors (Lipinski definition) is 6. The summed E-state index contributed by atoms with van der Waals surface area (Å²) in [4.78, 5) is 42.3. The molecule has 0 unspecified atom stereocenters. The van der Waals surface area contributed by atoms with E-state index in [0.717, 1.165) is 10.1 Å². The number of aromatic nitrogens is 4. The lowest BCUT2D eigenvalue weighted by Crippen LogP contribution is -2.36. The van der Waals surface area contributed by atoms with Crippen LogP contribution in [0.15, 0.2) is 46.1 Å². The minimum atomic E-state index is -0.331. The van der Waals surface area contributed by atoms with Crippen molar-refractivity contribution in [3.8, 4) is 0 Å². The zero-order valence-corrected chi connectivity index (χ0v) is 14.2. The Kier molecular flexibility index (Phi) is 5.07. The Morgan fingerprint density at radius 3 is 2.85 bits per heavy atom. The number of carbonyl (C=O) groups is 1. The Labute approximate surface area is 148 Å². The number of aryl methyl sites for hydroxylation is 1. The molecule has 3 aromatic rings. The van der Waals surface area contributed by atoms with Gasteiger partial charge in [-0.2, -0.15) is 5.10 Å². The zero-order valence-electron chi connectivity index (χ0n) is 14.2. The minimum absolute atomic E-state index is 0.163. The van der Waals surface area contributed by atoms with Gasteiger partial charge in [0.25, 0.3) is 11.1 Å². The zero-order chi connectivity index (χ0) is 18.5. The SMILES string of the molecule is Cc1cc(=O)[nH]c(NCCNC(=O)Cn2ncc3ccccc3c2=O)n1. The van der Waals surface area contributed by atoms with Crippen molar-refractivity contribution in [2.75, 3.05) is 18.4 Å². The summed E-state index contributed by atoms with van der Waals surface area (Å²) >= 11 is 0. The summed E-state index contributed by atoms with van der Waals surface area (Å²) in [6.07, 6.45) is 1.56. The van der Waals surface area contributed by atoms with E-state index in [1.165, 1.54) is 6.07 Å². The van der Waals surface area contributed by atoms with Crippen LogP contribution in [0.4, 0.5) is 5.95 Å². The molecule has 134 valence electrons. The van der Waals surface area contributed by atoms with Crippen LogP contribution < -0.4 is 21.8 Å². The number of anilines is 1. The second kappa shape index (κ2) is 7.60. The fourth-order valence-electron chi connectivity index (χ4n) is 2.48. The highest BCUT2D eigenvalue weighted by atomic mass is 16.2. The summed E-state index contributed by atoms with van der Waals surface area (Å²) in [5.41, 5.74) is 0.0470. The summed E-state index contributed by atoms with van der Waals surface area (Å²) in [7, 11) is 0. The van der Waals surface area contributed by atoms with Crippen LogP contribution in [0.3, 0.4) is 0 Å². The standard InChI is InChI=1S/C17H18N6O3/c1-11-8-14(24)22-17(21-11)19-7-6-18-15(25)10-23-16(26)13-5-3-2-4-12(13)9-20-23/h2-5,8-9H,6-7,10H2,1H3,(H,18,25)(H2,19,21,22,24). The first-order valence-corrected chi connectivity index (χ1v) is 8.06. The fraction of sp³-hybridized carbons (Fsp3) is 0.235. The van der Waals surface area contributed by atoms with Gasteiger partial charge in [-0.05, 0) is 13.0 Å². The van der Waals surface area contributed by atoms with Crippen molar-refractivity contribution in [2.45, 2.75) is 13.5 Å². The average molecular weight is 354 g/mol. The molecule has 9 heteroatoms. The van der Waals surface area contributed by atoms with E-state index in [0.29, 0.717) is 30.1 Å². The molecule has 3 N–H and O–H groups in total. The number of nitrogens with one attached hydrogen (secondary N) is 3. The molecule has 0 fully saturated rings. The number of carbonyl (C=O) groups excluding carboxylic acids is 1. The first-order valence-electron chi connectivity index (χ1n) is 8.06. The lowest BCUT2D eigenvalue weighted by molar-refractivity contribution is -0.121. The third-order valence-electron chi connectivity index (χ3n) is 3.66. The Balaban J connectivity index is 1.54. The first kappa shape index (κ1) is 17.3. The van der Waals surface area contributed by atoms with Crippen molar-refractivity contribution >= 4 is 22.6 Å². The van der Waals surface area contributed by atoms with Crippen molar-refractivity contribution < 1.29 is 4.79 Å². The van der Waals surface area contributed by atoms with Gasteiger partial charge in [0.15, 0.2) is 0 Å². The number of benzene rings is 1. The molecule has 1 aromatic carbocycles. The molecule has 26 heavy (non-hydrogen) atoms. The van der Waals surface area contributed by atoms with Crippen molar-refractivity contribution in [3.05, 3.63) is 62.9 Å². The van der Waals surface area contributed by atoms with Crippen LogP contribution in [0.25, 0.3) is 10.8 Å². The summed E-state index contributed by atoms with van der Waals surface area (Å²) in [6.45, 7) is 2.23. The minimum Gasteiger partial charge on any atom is -0.354 e. The topological polar surface area (TPSA) is 122 Å². The molecule has 2 aromatic heterocycles. The summed E-state index contributed by atoms with van der Waals surface area (Å²) in [5, 5.41) is 10.9. The number of aromatic amines is 1. The Morgan fingerprint density at radius 1 is 1.23 bits per heavy atom. The highest BCUT2D eigenvalue weighted by molar-refractivity contribution is 5.81. The van der Waals surface area contributed by atoms with Crippen LogP contribution in [0.2, 0.25) is 0 Å². The van der Waals surface area contributed by atoms with Gasteiger partial charge >= 0.3 is 0 Å². The van der Waals surface area contributed by atoms with Crippen LogP contribution in [0.5, 0.6) is 0 Å². The van der Waals surface area contributed by atoms with Gasteiger partial charge in [-0.25, -0.2) is 9.67 Å². The highest BCUT2D eigenvalue weighted by Crippen LogP contribution is 2.06. The van der Waals surface area contributed by atoms with E-state index in [-0.39, 0.29) is 23.6 Å². The van der Waals surface area contributed by atoms with Crippen LogP contribution in [-0.4, -0.2) is 38.7 Å². The lowest BCUT2D eigenvalue weighted by Gasteiger charge is -2.09. The molecule has 9 nitrogen and oxygen atoms in total. The van der Waals surface area contributed by atoms with E-state index in [4.69, 9.17) is 0 Å². The molecule has 0 spiro atoms. The van der Waals surface area contributed by atoms with Crippen molar-refractivity contribution in [1.82, 2.24) is 25.1 Å². The summed E-state index contributed by atoms with van der Waals surface area (Å²) in [5.74, 6) is 0.0130. The predicted octanol–water partition coefficient (Wildman–Crippen LogP) is 0.0165. The van der Waals surface area contributed by atoms with Gasteiger partial charge in [0.1, 0.15) is 6.54 Å². The number of amides is 1. The van der Waals surface area contributed by atoms with Crippen LogP contribution in [0.1, 0.15) is 5.69 Å². The highest BCUT2D eigenvalue weighted by Gasteiger charge is 2.08. The van der Waals surface area contributed by atoms with Crippen molar-refractivity contribution in [3.63, 3.8) is 0 Å². The number of nitrogens with zero attached hydrogens (tertiary/aromatic N) is 3. The molecule has 0 radical (unpaired) electrons. The van der Waals surface area contributed by atoms with Gasteiger partial charge in [0, 0.05) is 30.2 Å². The quantitative estimate of drug-likeness (QED) is 0.536. The van der Waals surface area contributed by atoms with Crippen LogP contribution >= 0.6 is 0 Å². The molecule has 0 saturated heterocycles. The summed E-state index contributed by atoms with van der Waals surface area (Å²) < 4.78 is 1.13. The van der Waals surface area contributed by atoms with E-state index in [1.54, 1.807) is 31.3 Å². The fourth-order valence-corrected chi connectivity index (χ4v) is 2.48. The third kappa shape index (κ3) is 4.12. The van der Waals surface area contributed by atoms with Crippen molar-refractivity contribution in [2.24, 2.45) is 0 Å². The molecule has 1 amide bonds. The maximum absolute atomic E-state index is 12.3. The number of fused-ring (bicyclic) bond motifs is 1. The van der Waals surface area contributed by atoms with Crippen molar-refractivity contribution in [1.29, 1.82) is 0 Å². The maximum atomic E-state index is 12.3. The van der Waals surface area contributed by atoms with E-state index >= 15 is 0 Å². The lowest BCUT2D eigenvalue weighted by atomic mass is 10.2. The largest absolute Gasteiger partial charge is 0.354 e. The van der Waals surface area contributed by atoms with E-state index in [2.05, 4.69) is 25.7 Å². The molecule has 0 aliphatic carbocycles.